The van der Waals surface area contributed by atoms with Crippen LogP contribution in [0.4, 0.5) is 5.69 Å². The largest absolute Gasteiger partial charge is 0.465 e. The van der Waals surface area contributed by atoms with Crippen LogP contribution in [0.5, 0.6) is 0 Å². The van der Waals surface area contributed by atoms with Crippen LogP contribution in [0.2, 0.25) is 0 Å². The molecule has 0 spiro atoms. The van der Waals surface area contributed by atoms with Crippen LogP contribution in [0.3, 0.4) is 0 Å². The van der Waals surface area contributed by atoms with Gasteiger partial charge in [-0.05, 0) is 24.1 Å². The molecule has 0 saturated heterocycles. The van der Waals surface area contributed by atoms with Gasteiger partial charge in [0.2, 0.25) is 5.91 Å². The molecule has 0 heterocycles. The molecule has 7 nitrogen and oxygen atoms in total. The Hall–Kier alpha value is -2.12. The van der Waals surface area contributed by atoms with Crippen molar-refractivity contribution in [2.75, 3.05) is 19.5 Å². The van der Waals surface area contributed by atoms with Crippen LogP contribution in [-0.2, 0) is 14.3 Å². The first-order chi connectivity index (χ1) is 10.3. The number of methoxy groups -OCH3 is 2. The van der Waals surface area contributed by atoms with Gasteiger partial charge in [-0.25, -0.2) is 9.59 Å². The van der Waals surface area contributed by atoms with Gasteiger partial charge in [-0.15, -0.1) is 12.4 Å². The molecule has 0 aliphatic heterocycles. The summed E-state index contributed by atoms with van der Waals surface area (Å²) >= 11 is 0. The summed E-state index contributed by atoms with van der Waals surface area (Å²) < 4.78 is 9.24. The molecule has 0 aromatic heterocycles. The van der Waals surface area contributed by atoms with E-state index in [2.05, 4.69) is 14.8 Å². The maximum atomic E-state index is 12.0. The summed E-state index contributed by atoms with van der Waals surface area (Å²) in [6, 6.07) is 3.44. The van der Waals surface area contributed by atoms with Gasteiger partial charge in [-0.3, -0.25) is 4.79 Å². The molecule has 1 aromatic rings. The number of nitrogens with two attached hydrogens (primary N) is 1. The van der Waals surface area contributed by atoms with E-state index in [-0.39, 0.29) is 35.1 Å². The van der Waals surface area contributed by atoms with Gasteiger partial charge in [0, 0.05) is 5.69 Å². The highest BCUT2D eigenvalue weighted by atomic mass is 35.5. The van der Waals surface area contributed by atoms with Gasteiger partial charge in [-0.1, -0.05) is 13.8 Å². The zero-order valence-electron chi connectivity index (χ0n) is 13.4. The third kappa shape index (κ3) is 5.54. The quantitative estimate of drug-likeness (QED) is 0.785. The molecule has 1 aromatic carbocycles. The van der Waals surface area contributed by atoms with Crippen LogP contribution in [0.25, 0.3) is 0 Å². The third-order valence-corrected chi connectivity index (χ3v) is 3.06. The summed E-state index contributed by atoms with van der Waals surface area (Å²) in [6.45, 7) is 3.63. The number of esters is 2. The molecule has 0 fully saturated rings. The first-order valence-electron chi connectivity index (χ1n) is 6.68. The van der Waals surface area contributed by atoms with Gasteiger partial charge in [0.15, 0.2) is 0 Å². The average Bonchev–Trinajstić information content (AvgIpc) is 2.51. The predicted molar refractivity (Wildman–Crippen MR) is 87.8 cm³/mol. The van der Waals surface area contributed by atoms with E-state index in [0.29, 0.717) is 0 Å². The van der Waals surface area contributed by atoms with Gasteiger partial charge in [0.25, 0.3) is 0 Å². The fraction of sp³-hybridized carbons (Fsp3) is 0.400. The monoisotopic (exact) mass is 344 g/mol. The molecule has 23 heavy (non-hydrogen) atoms. The molecule has 1 atom stereocenters. The molecule has 1 amide bonds. The van der Waals surface area contributed by atoms with Crippen LogP contribution in [0, 0.1) is 5.92 Å². The lowest BCUT2D eigenvalue weighted by Gasteiger charge is -2.16. The summed E-state index contributed by atoms with van der Waals surface area (Å²) in [4.78, 5) is 35.3. The zero-order chi connectivity index (χ0) is 16.9. The van der Waals surface area contributed by atoms with Crippen LogP contribution in [0.15, 0.2) is 18.2 Å². The van der Waals surface area contributed by atoms with Crippen molar-refractivity contribution in [3.8, 4) is 0 Å². The Morgan fingerprint density at radius 3 is 1.78 bits per heavy atom. The van der Waals surface area contributed by atoms with Crippen LogP contribution >= 0.6 is 12.4 Å². The van der Waals surface area contributed by atoms with E-state index in [1.807, 2.05) is 13.8 Å². The highest BCUT2D eigenvalue weighted by Gasteiger charge is 2.19. The number of nitrogens with one attached hydrogen (secondary N) is 1. The number of carbonyl (C=O) groups excluding carboxylic acids is 3. The Kier molecular flexibility index (Phi) is 8.28. The van der Waals surface area contributed by atoms with Crippen molar-refractivity contribution in [2.24, 2.45) is 11.7 Å². The number of rotatable bonds is 5. The van der Waals surface area contributed by atoms with Gasteiger partial charge >= 0.3 is 11.9 Å². The Labute approximate surface area is 140 Å². The summed E-state index contributed by atoms with van der Waals surface area (Å²) in [5.41, 5.74) is 6.28. The molecular weight excluding hydrogens is 324 g/mol. The number of amides is 1. The number of ether oxygens (including phenoxy) is 2. The fourth-order valence-electron chi connectivity index (χ4n) is 1.70. The standard InChI is InChI=1S/C15H20N2O5.ClH/c1-8(2)12(16)13(18)17-11-6-9(14(19)21-3)5-10(7-11)15(20)22-4;/h5-8,12H,16H2,1-4H3,(H,17,18);1H/t12-;/m1./s1. The minimum atomic E-state index is -0.705. The molecule has 8 heteroatoms. The molecule has 0 bridgehead atoms. The number of halogens is 1. The van der Waals surface area contributed by atoms with Crippen molar-refractivity contribution in [1.82, 2.24) is 0 Å². The topological polar surface area (TPSA) is 108 Å². The molecule has 128 valence electrons. The lowest BCUT2D eigenvalue weighted by atomic mass is 10.0. The first-order valence-corrected chi connectivity index (χ1v) is 6.68. The number of hydrogen-bond acceptors (Lipinski definition) is 6. The number of carbonyl (C=O) groups is 3. The van der Waals surface area contributed by atoms with Crippen molar-refractivity contribution in [3.63, 3.8) is 0 Å². The van der Waals surface area contributed by atoms with Gasteiger partial charge in [0.1, 0.15) is 0 Å². The minimum absolute atomic E-state index is 0. The average molecular weight is 345 g/mol. The maximum Gasteiger partial charge on any atom is 0.337 e. The second-order valence-electron chi connectivity index (χ2n) is 5.04. The maximum absolute atomic E-state index is 12.0. The highest BCUT2D eigenvalue weighted by molar-refractivity contribution is 6.00. The van der Waals surface area contributed by atoms with Gasteiger partial charge in [-0.2, -0.15) is 0 Å². The molecule has 0 aliphatic carbocycles. The SMILES string of the molecule is COC(=O)c1cc(NC(=O)[C@H](N)C(C)C)cc(C(=O)OC)c1.Cl. The van der Waals surface area contributed by atoms with E-state index >= 15 is 0 Å². The van der Waals surface area contributed by atoms with E-state index < -0.39 is 23.9 Å². The third-order valence-electron chi connectivity index (χ3n) is 3.06. The molecular formula is C15H21ClN2O5. The highest BCUT2D eigenvalue weighted by Crippen LogP contribution is 2.17. The number of hydrogen-bond donors (Lipinski definition) is 2. The van der Waals surface area contributed by atoms with E-state index in [9.17, 15) is 14.4 Å². The van der Waals surface area contributed by atoms with E-state index in [1.165, 1.54) is 32.4 Å². The first kappa shape index (κ1) is 20.9. The molecule has 3 N–H and O–H groups in total. The Morgan fingerprint density at radius 2 is 1.43 bits per heavy atom. The fourth-order valence-corrected chi connectivity index (χ4v) is 1.70. The molecule has 0 unspecified atom stereocenters. The van der Waals surface area contributed by atoms with Crippen molar-refractivity contribution in [2.45, 2.75) is 19.9 Å². The Bertz CT molecular complexity index is 555. The summed E-state index contributed by atoms with van der Waals surface area (Å²) in [7, 11) is 2.44. The van der Waals surface area contributed by atoms with Gasteiger partial charge in [0.05, 0.1) is 31.4 Å². The lowest BCUT2D eigenvalue weighted by molar-refractivity contribution is -0.118. The predicted octanol–water partition coefficient (Wildman–Crippen LogP) is 1.60. The second kappa shape index (κ2) is 9.12. The van der Waals surface area contributed by atoms with E-state index in [0.717, 1.165) is 0 Å². The van der Waals surface area contributed by atoms with Crippen molar-refractivity contribution in [1.29, 1.82) is 0 Å². The van der Waals surface area contributed by atoms with Crippen molar-refractivity contribution >= 4 is 35.9 Å². The van der Waals surface area contributed by atoms with Crippen molar-refractivity contribution in [3.05, 3.63) is 29.3 Å². The second-order valence-corrected chi connectivity index (χ2v) is 5.04. The lowest BCUT2D eigenvalue weighted by Crippen LogP contribution is -2.39. The van der Waals surface area contributed by atoms with E-state index in [4.69, 9.17) is 5.73 Å². The Morgan fingerprint density at radius 1 is 1.00 bits per heavy atom. The summed E-state index contributed by atoms with van der Waals surface area (Å²) in [6.07, 6.45) is 0. The molecule has 1 rings (SSSR count). The van der Waals surface area contributed by atoms with Gasteiger partial charge < -0.3 is 20.5 Å². The van der Waals surface area contributed by atoms with E-state index in [1.54, 1.807) is 0 Å². The molecule has 0 aliphatic rings. The summed E-state index contributed by atoms with van der Waals surface area (Å²) in [5, 5.41) is 2.58. The smallest absolute Gasteiger partial charge is 0.337 e. The minimum Gasteiger partial charge on any atom is -0.465 e. The van der Waals surface area contributed by atoms with Crippen LogP contribution < -0.4 is 11.1 Å². The molecule has 0 radical (unpaired) electrons. The normalized spacial score (nSPS) is 11.2. The number of anilines is 1. The van der Waals surface area contributed by atoms with Crippen molar-refractivity contribution < 1.29 is 23.9 Å². The molecule has 0 saturated carbocycles. The summed E-state index contributed by atoms with van der Waals surface area (Å²) in [5.74, 6) is -1.72. The Balaban J connectivity index is 0.00000484. The number of benzene rings is 1. The van der Waals surface area contributed by atoms with Crippen LogP contribution in [0.1, 0.15) is 34.6 Å². The van der Waals surface area contributed by atoms with Crippen LogP contribution in [-0.4, -0.2) is 38.1 Å². The zero-order valence-corrected chi connectivity index (χ0v) is 14.2.